The third-order valence-corrected chi connectivity index (χ3v) is 5.08. The predicted molar refractivity (Wildman–Crippen MR) is 87.3 cm³/mol. The van der Waals surface area contributed by atoms with Gasteiger partial charge in [0, 0.05) is 17.5 Å². The number of hydrogen-bond donors (Lipinski definition) is 2. The molecule has 110 valence electrons. The van der Waals surface area contributed by atoms with Crippen LogP contribution in [-0.2, 0) is 6.42 Å². The van der Waals surface area contributed by atoms with Crippen molar-refractivity contribution >= 4 is 27.4 Å². The highest BCUT2D eigenvalue weighted by molar-refractivity contribution is 7.18. The zero-order chi connectivity index (χ0) is 14.5. The molecule has 0 fully saturated rings. The van der Waals surface area contributed by atoms with Gasteiger partial charge < -0.3 is 11.1 Å². The third kappa shape index (κ3) is 3.27. The van der Waals surface area contributed by atoms with Crippen LogP contribution in [0.15, 0.2) is 12.4 Å². The highest BCUT2D eigenvalue weighted by Gasteiger charge is 2.15. The summed E-state index contributed by atoms with van der Waals surface area (Å²) in [5.41, 5.74) is 6.26. The van der Waals surface area contributed by atoms with Gasteiger partial charge in [0.05, 0.1) is 5.39 Å². The largest absolute Gasteiger partial charge is 0.368 e. The molecule has 0 aliphatic carbocycles. The molecule has 0 saturated carbocycles. The van der Waals surface area contributed by atoms with Crippen LogP contribution in [-0.4, -0.2) is 22.6 Å². The van der Waals surface area contributed by atoms with E-state index in [4.69, 9.17) is 5.73 Å². The second-order valence-electron chi connectivity index (χ2n) is 5.13. The third-order valence-electron chi connectivity index (χ3n) is 3.89. The van der Waals surface area contributed by atoms with Crippen molar-refractivity contribution in [2.45, 2.75) is 46.1 Å². The summed E-state index contributed by atoms with van der Waals surface area (Å²) in [7, 11) is 0. The fourth-order valence-corrected chi connectivity index (χ4v) is 3.43. The molecule has 3 N–H and O–H groups in total. The summed E-state index contributed by atoms with van der Waals surface area (Å²) in [5.74, 6) is 1.47. The molecule has 2 aromatic rings. The lowest BCUT2D eigenvalue weighted by Crippen LogP contribution is -2.36. The van der Waals surface area contributed by atoms with Gasteiger partial charge in [-0.3, -0.25) is 0 Å². The number of hydrogen-bond acceptors (Lipinski definition) is 5. The van der Waals surface area contributed by atoms with Gasteiger partial charge in [-0.15, -0.1) is 11.3 Å². The van der Waals surface area contributed by atoms with Gasteiger partial charge in [-0.2, -0.15) is 0 Å². The average Bonchev–Trinajstić information content (AvgIpc) is 2.90. The van der Waals surface area contributed by atoms with E-state index in [9.17, 15) is 0 Å². The predicted octanol–water partition coefficient (Wildman–Crippen LogP) is 3.43. The van der Waals surface area contributed by atoms with Gasteiger partial charge in [0.1, 0.15) is 17.0 Å². The van der Waals surface area contributed by atoms with E-state index in [-0.39, 0.29) is 6.04 Å². The normalized spacial score (nSPS) is 13.1. The van der Waals surface area contributed by atoms with Crippen molar-refractivity contribution in [1.29, 1.82) is 0 Å². The monoisotopic (exact) mass is 292 g/mol. The van der Waals surface area contributed by atoms with Gasteiger partial charge in [-0.05, 0) is 18.4 Å². The number of aromatic nitrogens is 2. The number of nitrogens with one attached hydrogen (secondary N) is 1. The molecule has 0 spiro atoms. The Morgan fingerprint density at radius 2 is 2.00 bits per heavy atom. The summed E-state index contributed by atoms with van der Waals surface area (Å²) in [5, 5.41) is 4.52. The maximum Gasteiger partial charge on any atom is 0.138 e. The van der Waals surface area contributed by atoms with Crippen molar-refractivity contribution in [3.63, 3.8) is 0 Å². The van der Waals surface area contributed by atoms with Gasteiger partial charge in [0.25, 0.3) is 0 Å². The van der Waals surface area contributed by atoms with Crippen LogP contribution in [0.25, 0.3) is 10.2 Å². The highest BCUT2D eigenvalue weighted by Crippen LogP contribution is 2.28. The number of thiophene rings is 1. The van der Waals surface area contributed by atoms with E-state index in [0.717, 1.165) is 41.8 Å². The van der Waals surface area contributed by atoms with Gasteiger partial charge in [0.2, 0.25) is 0 Å². The van der Waals surface area contributed by atoms with Crippen LogP contribution < -0.4 is 11.1 Å². The molecule has 0 aliphatic rings. The Labute approximate surface area is 124 Å². The zero-order valence-corrected chi connectivity index (χ0v) is 13.3. The number of aryl methyl sites for hydroxylation is 1. The molecule has 2 heterocycles. The molecule has 0 bridgehead atoms. The van der Waals surface area contributed by atoms with Crippen molar-refractivity contribution in [3.05, 3.63) is 17.3 Å². The fraction of sp³-hybridized carbons (Fsp3) is 0.600. The van der Waals surface area contributed by atoms with E-state index < -0.39 is 0 Å². The van der Waals surface area contributed by atoms with Crippen LogP contribution in [0.1, 0.15) is 38.5 Å². The van der Waals surface area contributed by atoms with Gasteiger partial charge in [-0.25, -0.2) is 9.97 Å². The number of nitrogens with zero attached hydrogens (tertiary/aromatic N) is 2. The summed E-state index contributed by atoms with van der Waals surface area (Å²) in [6.45, 7) is 7.32. The lowest BCUT2D eigenvalue weighted by atomic mass is 9.95. The molecule has 0 aliphatic heterocycles. The van der Waals surface area contributed by atoms with Crippen LogP contribution in [0.5, 0.6) is 0 Å². The van der Waals surface area contributed by atoms with E-state index in [1.54, 1.807) is 17.7 Å². The van der Waals surface area contributed by atoms with Gasteiger partial charge in [-0.1, -0.05) is 33.6 Å². The first-order valence-electron chi connectivity index (χ1n) is 7.42. The quantitative estimate of drug-likeness (QED) is 0.820. The maximum absolute atomic E-state index is 6.26. The lowest BCUT2D eigenvalue weighted by Gasteiger charge is -2.21. The highest BCUT2D eigenvalue weighted by atomic mass is 32.1. The SMILES string of the molecule is CCc1cc2c(NCC(N)C(CC)CC)ncnc2s1. The summed E-state index contributed by atoms with van der Waals surface area (Å²) >= 11 is 1.74. The van der Waals surface area contributed by atoms with Crippen LogP contribution in [0.4, 0.5) is 5.82 Å². The Bertz CT molecular complexity index is 548. The standard InChI is InChI=1S/C15H24N4S/c1-4-10(5-2)13(16)8-17-14-12-7-11(6-3)20-15(12)19-9-18-14/h7,9-10,13H,4-6,8,16H2,1-3H3,(H,17,18,19). The Hall–Kier alpha value is -1.20. The molecule has 0 saturated heterocycles. The first-order valence-corrected chi connectivity index (χ1v) is 8.24. The fourth-order valence-electron chi connectivity index (χ4n) is 2.50. The first kappa shape index (κ1) is 15.2. The number of rotatable bonds is 7. The van der Waals surface area contributed by atoms with Crippen LogP contribution in [0, 0.1) is 5.92 Å². The number of fused-ring (bicyclic) bond motifs is 1. The molecule has 1 atom stereocenters. The van der Waals surface area contributed by atoms with E-state index >= 15 is 0 Å². The Balaban J connectivity index is 2.11. The molecule has 0 radical (unpaired) electrons. The van der Waals surface area contributed by atoms with Crippen molar-refractivity contribution in [3.8, 4) is 0 Å². The van der Waals surface area contributed by atoms with Crippen LogP contribution in [0.3, 0.4) is 0 Å². The lowest BCUT2D eigenvalue weighted by molar-refractivity contribution is 0.407. The Kier molecular flexibility index (Phi) is 5.31. The van der Waals surface area contributed by atoms with Crippen molar-refractivity contribution in [2.75, 3.05) is 11.9 Å². The molecule has 20 heavy (non-hydrogen) atoms. The Morgan fingerprint density at radius 1 is 1.25 bits per heavy atom. The smallest absolute Gasteiger partial charge is 0.138 e. The first-order chi connectivity index (χ1) is 9.69. The van der Waals surface area contributed by atoms with Crippen molar-refractivity contribution in [2.24, 2.45) is 11.7 Å². The molecule has 1 unspecified atom stereocenters. The summed E-state index contributed by atoms with van der Waals surface area (Å²) in [6.07, 6.45) is 4.91. The van der Waals surface area contributed by atoms with Crippen LogP contribution >= 0.6 is 11.3 Å². The molecule has 2 aromatic heterocycles. The summed E-state index contributed by atoms with van der Waals surface area (Å²) in [4.78, 5) is 11.1. The zero-order valence-electron chi connectivity index (χ0n) is 12.5. The number of anilines is 1. The van der Waals surface area contributed by atoms with E-state index in [1.165, 1.54) is 4.88 Å². The molecular weight excluding hydrogens is 268 g/mol. The molecule has 2 rings (SSSR count). The van der Waals surface area contributed by atoms with E-state index in [1.807, 2.05) is 0 Å². The van der Waals surface area contributed by atoms with Gasteiger partial charge >= 0.3 is 0 Å². The molecule has 5 heteroatoms. The van der Waals surface area contributed by atoms with Crippen molar-refractivity contribution in [1.82, 2.24) is 9.97 Å². The van der Waals surface area contributed by atoms with E-state index in [0.29, 0.717) is 5.92 Å². The number of nitrogens with two attached hydrogens (primary N) is 1. The average molecular weight is 292 g/mol. The van der Waals surface area contributed by atoms with Crippen LogP contribution in [0.2, 0.25) is 0 Å². The maximum atomic E-state index is 6.26. The molecule has 4 nitrogen and oxygen atoms in total. The minimum Gasteiger partial charge on any atom is -0.368 e. The second-order valence-corrected chi connectivity index (χ2v) is 6.24. The van der Waals surface area contributed by atoms with Gasteiger partial charge in [0.15, 0.2) is 0 Å². The Morgan fingerprint density at radius 3 is 2.65 bits per heavy atom. The minimum absolute atomic E-state index is 0.166. The molecule has 0 amide bonds. The summed E-state index contributed by atoms with van der Waals surface area (Å²) in [6, 6.07) is 2.35. The van der Waals surface area contributed by atoms with E-state index in [2.05, 4.69) is 42.1 Å². The second kappa shape index (κ2) is 6.99. The molecule has 0 aromatic carbocycles. The van der Waals surface area contributed by atoms with Crippen molar-refractivity contribution < 1.29 is 0 Å². The minimum atomic E-state index is 0.166. The topological polar surface area (TPSA) is 63.8 Å². The summed E-state index contributed by atoms with van der Waals surface area (Å²) < 4.78 is 0. The molecular formula is C15H24N4S.